The summed E-state index contributed by atoms with van der Waals surface area (Å²) in [5.74, 6) is -0.584. The third kappa shape index (κ3) is 6.01. The van der Waals surface area contributed by atoms with E-state index in [1.807, 2.05) is 13.8 Å². The van der Waals surface area contributed by atoms with E-state index in [0.717, 1.165) is 0 Å². The molecule has 0 aliphatic rings. The fourth-order valence-electron chi connectivity index (χ4n) is 3.26. The minimum atomic E-state index is -3.21. The van der Waals surface area contributed by atoms with Crippen LogP contribution in [0.3, 0.4) is 0 Å². The van der Waals surface area contributed by atoms with E-state index in [1.54, 1.807) is 17.7 Å². The zero-order chi connectivity index (χ0) is 24.2. The normalized spacial score (nSPS) is 12.0. The lowest BCUT2D eigenvalue weighted by Crippen LogP contribution is -2.29. The van der Waals surface area contributed by atoms with Crippen LogP contribution in [0.5, 0.6) is 5.75 Å². The standard InChI is InChI=1S/C21H25F2N5O4S/c1-4-8-33(30,31)9-7-25-20(29)14-10-17-19(26-12-14)18(27-28(17)13(2)3)16-11-15(5-6-24-16)32-21(22)23/h5-6,10-13,21H,4,7-9H2,1-3H3,(H,25,29). The van der Waals surface area contributed by atoms with Gasteiger partial charge < -0.3 is 10.1 Å². The number of sulfone groups is 1. The molecular weight excluding hydrogens is 456 g/mol. The van der Waals surface area contributed by atoms with Crippen molar-refractivity contribution >= 4 is 26.8 Å². The number of hydrogen-bond acceptors (Lipinski definition) is 7. The Balaban J connectivity index is 1.91. The van der Waals surface area contributed by atoms with Gasteiger partial charge in [-0.3, -0.25) is 19.4 Å². The molecule has 3 aromatic heterocycles. The quantitative estimate of drug-likeness (QED) is 0.473. The number of halogens is 2. The molecule has 0 spiro atoms. The molecule has 3 aromatic rings. The minimum Gasteiger partial charge on any atom is -0.435 e. The van der Waals surface area contributed by atoms with Crippen LogP contribution in [0, 0.1) is 0 Å². The van der Waals surface area contributed by atoms with Crippen LogP contribution < -0.4 is 10.1 Å². The molecule has 0 aliphatic heterocycles. The highest BCUT2D eigenvalue weighted by Crippen LogP contribution is 2.29. The van der Waals surface area contributed by atoms with Crippen molar-refractivity contribution in [2.24, 2.45) is 0 Å². The number of alkyl halides is 2. The number of carbonyl (C=O) groups is 1. The number of hydrogen-bond donors (Lipinski definition) is 1. The Bertz CT molecular complexity index is 1240. The zero-order valence-corrected chi connectivity index (χ0v) is 19.3. The molecule has 3 rings (SSSR count). The van der Waals surface area contributed by atoms with Gasteiger partial charge in [0.1, 0.15) is 17.0 Å². The lowest BCUT2D eigenvalue weighted by Gasteiger charge is -2.08. The van der Waals surface area contributed by atoms with Gasteiger partial charge in [-0.1, -0.05) is 6.92 Å². The van der Waals surface area contributed by atoms with E-state index in [0.29, 0.717) is 28.8 Å². The Morgan fingerprint density at radius 2 is 1.97 bits per heavy atom. The highest BCUT2D eigenvalue weighted by Gasteiger charge is 2.20. The Hall–Kier alpha value is -3.15. The second-order valence-corrected chi connectivity index (χ2v) is 9.95. The van der Waals surface area contributed by atoms with Crippen LogP contribution in [0.2, 0.25) is 0 Å². The molecule has 0 bridgehead atoms. The number of aromatic nitrogens is 4. The first-order valence-corrected chi connectivity index (χ1v) is 12.2. The van der Waals surface area contributed by atoms with Gasteiger partial charge in [-0.2, -0.15) is 13.9 Å². The highest BCUT2D eigenvalue weighted by atomic mass is 32.2. The van der Waals surface area contributed by atoms with Crippen molar-refractivity contribution in [3.05, 3.63) is 36.2 Å². The molecule has 0 aromatic carbocycles. The van der Waals surface area contributed by atoms with E-state index >= 15 is 0 Å². The molecule has 33 heavy (non-hydrogen) atoms. The summed E-state index contributed by atoms with van der Waals surface area (Å²) >= 11 is 0. The number of nitrogens with one attached hydrogen (secondary N) is 1. The summed E-state index contributed by atoms with van der Waals surface area (Å²) in [7, 11) is -3.21. The highest BCUT2D eigenvalue weighted by molar-refractivity contribution is 7.91. The van der Waals surface area contributed by atoms with Crippen molar-refractivity contribution in [2.45, 2.75) is 39.8 Å². The number of rotatable bonds is 10. The summed E-state index contributed by atoms with van der Waals surface area (Å²) in [5, 5.41) is 7.14. The smallest absolute Gasteiger partial charge is 0.387 e. The first-order chi connectivity index (χ1) is 15.6. The van der Waals surface area contributed by atoms with Crippen molar-refractivity contribution in [1.82, 2.24) is 25.1 Å². The van der Waals surface area contributed by atoms with Gasteiger partial charge in [0.05, 0.1) is 22.5 Å². The molecule has 0 radical (unpaired) electrons. The minimum absolute atomic E-state index is 0.00521. The number of fused-ring (bicyclic) bond motifs is 1. The van der Waals surface area contributed by atoms with Crippen LogP contribution in [0.25, 0.3) is 22.4 Å². The largest absolute Gasteiger partial charge is 0.435 e. The van der Waals surface area contributed by atoms with E-state index in [-0.39, 0.29) is 35.4 Å². The average molecular weight is 482 g/mol. The Morgan fingerprint density at radius 1 is 1.21 bits per heavy atom. The van der Waals surface area contributed by atoms with Gasteiger partial charge in [0.25, 0.3) is 5.91 Å². The van der Waals surface area contributed by atoms with Crippen LogP contribution in [0.4, 0.5) is 8.78 Å². The summed E-state index contributed by atoms with van der Waals surface area (Å²) < 4.78 is 54.9. The van der Waals surface area contributed by atoms with Crippen molar-refractivity contribution in [3.63, 3.8) is 0 Å². The van der Waals surface area contributed by atoms with Gasteiger partial charge in [0, 0.05) is 36.8 Å². The SMILES string of the molecule is CCCS(=O)(=O)CCNC(=O)c1cnc2c(-c3cc(OC(F)F)ccn3)nn(C(C)C)c2c1. The lowest BCUT2D eigenvalue weighted by molar-refractivity contribution is -0.0498. The topological polar surface area (TPSA) is 116 Å². The molecule has 0 saturated carbocycles. The molecule has 1 N–H and O–H groups in total. The molecule has 0 unspecified atom stereocenters. The van der Waals surface area contributed by atoms with Gasteiger partial charge in [0.2, 0.25) is 0 Å². The second kappa shape index (κ2) is 10.2. The van der Waals surface area contributed by atoms with E-state index in [2.05, 4.69) is 25.1 Å². The fourth-order valence-corrected chi connectivity index (χ4v) is 4.50. The van der Waals surface area contributed by atoms with E-state index in [4.69, 9.17) is 0 Å². The number of ether oxygens (including phenoxy) is 1. The first kappa shape index (κ1) is 24.5. The van der Waals surface area contributed by atoms with Crippen LogP contribution in [-0.4, -0.2) is 58.7 Å². The summed E-state index contributed by atoms with van der Waals surface area (Å²) in [4.78, 5) is 21.1. The van der Waals surface area contributed by atoms with E-state index in [9.17, 15) is 22.0 Å². The predicted octanol–water partition coefficient (Wildman–Crippen LogP) is 3.23. The molecule has 1 amide bonds. The maximum Gasteiger partial charge on any atom is 0.387 e. The molecule has 0 saturated heterocycles. The second-order valence-electron chi connectivity index (χ2n) is 7.64. The maximum absolute atomic E-state index is 12.6. The molecule has 9 nitrogen and oxygen atoms in total. The average Bonchev–Trinajstić information content (AvgIpc) is 3.12. The van der Waals surface area contributed by atoms with Crippen LogP contribution in [0.15, 0.2) is 30.6 Å². The third-order valence-corrected chi connectivity index (χ3v) is 6.57. The molecule has 0 fully saturated rings. The molecule has 178 valence electrons. The zero-order valence-electron chi connectivity index (χ0n) is 18.5. The molecule has 3 heterocycles. The Kier molecular flexibility index (Phi) is 7.57. The van der Waals surface area contributed by atoms with Gasteiger partial charge >= 0.3 is 6.61 Å². The number of pyridine rings is 2. The summed E-state index contributed by atoms with van der Waals surface area (Å²) in [6.07, 6.45) is 3.21. The van der Waals surface area contributed by atoms with Gasteiger partial charge in [-0.25, -0.2) is 8.42 Å². The van der Waals surface area contributed by atoms with Crippen LogP contribution >= 0.6 is 0 Å². The Labute approximate surface area is 190 Å². The molecular formula is C21H25F2N5O4S. The van der Waals surface area contributed by atoms with Crippen molar-refractivity contribution in [2.75, 3.05) is 18.1 Å². The number of nitrogens with zero attached hydrogens (tertiary/aromatic N) is 4. The van der Waals surface area contributed by atoms with Crippen molar-refractivity contribution in [1.29, 1.82) is 0 Å². The Morgan fingerprint density at radius 3 is 2.64 bits per heavy atom. The fraction of sp³-hybridized carbons (Fsp3) is 0.429. The lowest BCUT2D eigenvalue weighted by atomic mass is 10.2. The summed E-state index contributed by atoms with van der Waals surface area (Å²) in [5.41, 5.74) is 1.88. The monoisotopic (exact) mass is 481 g/mol. The third-order valence-electron chi connectivity index (χ3n) is 4.71. The van der Waals surface area contributed by atoms with Crippen LogP contribution in [0.1, 0.15) is 43.6 Å². The number of carbonyl (C=O) groups excluding carboxylic acids is 1. The summed E-state index contributed by atoms with van der Waals surface area (Å²) in [6.45, 7) is 2.59. The molecule has 0 atom stereocenters. The maximum atomic E-state index is 12.6. The number of amides is 1. The van der Waals surface area contributed by atoms with Gasteiger partial charge in [-0.05, 0) is 32.4 Å². The van der Waals surface area contributed by atoms with Crippen LogP contribution in [-0.2, 0) is 9.84 Å². The first-order valence-electron chi connectivity index (χ1n) is 10.4. The van der Waals surface area contributed by atoms with Crippen molar-refractivity contribution < 1.29 is 26.7 Å². The summed E-state index contributed by atoms with van der Waals surface area (Å²) in [6, 6.07) is 4.17. The van der Waals surface area contributed by atoms with Gasteiger partial charge in [-0.15, -0.1) is 0 Å². The van der Waals surface area contributed by atoms with E-state index in [1.165, 1.54) is 24.5 Å². The predicted molar refractivity (Wildman–Crippen MR) is 119 cm³/mol. The van der Waals surface area contributed by atoms with E-state index < -0.39 is 22.4 Å². The molecule has 12 heteroatoms. The van der Waals surface area contributed by atoms with Crippen molar-refractivity contribution in [3.8, 4) is 17.1 Å². The molecule has 0 aliphatic carbocycles. The van der Waals surface area contributed by atoms with Gasteiger partial charge in [0.15, 0.2) is 9.84 Å².